The summed E-state index contributed by atoms with van der Waals surface area (Å²) in [4.78, 5) is 25.4. The topological polar surface area (TPSA) is 49.4 Å². The lowest BCUT2D eigenvalue weighted by atomic mass is 10.0. The number of likely N-dealkylation sites (tertiary alicyclic amines) is 1. The number of hydrogen-bond acceptors (Lipinski definition) is 3. The number of nitrogens with zero attached hydrogens (tertiary/aromatic N) is 1. The minimum atomic E-state index is -0.345. The Morgan fingerprint density at radius 3 is 2.47 bits per heavy atom. The Kier molecular flexibility index (Phi) is 5.12. The molecule has 4 nitrogen and oxygen atoms in total. The lowest BCUT2D eigenvalue weighted by molar-refractivity contribution is -0.128. The third-order valence-electron chi connectivity index (χ3n) is 3.30. The van der Waals surface area contributed by atoms with Crippen molar-refractivity contribution in [3.63, 3.8) is 0 Å². The van der Waals surface area contributed by atoms with Gasteiger partial charge in [-0.3, -0.25) is 14.5 Å². The first kappa shape index (κ1) is 14.2. The molecule has 1 aliphatic heterocycles. The normalized spacial score (nSPS) is 22.8. The van der Waals surface area contributed by atoms with Gasteiger partial charge in [0.05, 0.1) is 12.6 Å². The maximum Gasteiger partial charge on any atom is 0.234 e. The molecule has 0 spiro atoms. The van der Waals surface area contributed by atoms with Crippen molar-refractivity contribution in [1.29, 1.82) is 0 Å². The molecule has 1 amide bonds. The fourth-order valence-electron chi connectivity index (χ4n) is 2.33. The third kappa shape index (κ3) is 4.46. The second-order valence-corrected chi connectivity index (χ2v) is 5.53. The summed E-state index contributed by atoms with van der Waals surface area (Å²) in [6, 6.07) is -0.345. The fourth-order valence-corrected chi connectivity index (χ4v) is 2.33. The summed E-state index contributed by atoms with van der Waals surface area (Å²) in [6.07, 6.45) is 1.16. The second-order valence-electron chi connectivity index (χ2n) is 5.53. The predicted molar refractivity (Wildman–Crippen MR) is 67.7 cm³/mol. The molecule has 0 aliphatic carbocycles. The zero-order valence-corrected chi connectivity index (χ0v) is 11.3. The Hall–Kier alpha value is -0.900. The molecule has 1 aliphatic rings. The number of ketones is 1. The van der Waals surface area contributed by atoms with Crippen LogP contribution in [-0.4, -0.2) is 42.3 Å². The van der Waals surface area contributed by atoms with Crippen LogP contribution < -0.4 is 5.32 Å². The van der Waals surface area contributed by atoms with Crippen LogP contribution in [0.25, 0.3) is 0 Å². The van der Waals surface area contributed by atoms with Gasteiger partial charge in [-0.25, -0.2) is 0 Å². The Morgan fingerprint density at radius 1 is 1.41 bits per heavy atom. The van der Waals surface area contributed by atoms with Crippen LogP contribution >= 0.6 is 0 Å². The molecular formula is C13H24N2O2. The van der Waals surface area contributed by atoms with Gasteiger partial charge in [0.2, 0.25) is 5.91 Å². The van der Waals surface area contributed by atoms with E-state index in [2.05, 4.69) is 17.1 Å². The smallest absolute Gasteiger partial charge is 0.234 e. The summed E-state index contributed by atoms with van der Waals surface area (Å²) in [5.74, 6) is 0.821. The van der Waals surface area contributed by atoms with Crippen LogP contribution in [0.2, 0.25) is 0 Å². The molecule has 4 heteroatoms. The maximum absolute atomic E-state index is 11.8. The van der Waals surface area contributed by atoms with Gasteiger partial charge in [0.25, 0.3) is 0 Å². The van der Waals surface area contributed by atoms with Gasteiger partial charge in [-0.15, -0.1) is 0 Å². The summed E-state index contributed by atoms with van der Waals surface area (Å²) >= 11 is 0. The van der Waals surface area contributed by atoms with Gasteiger partial charge in [0.15, 0.2) is 5.78 Å². The van der Waals surface area contributed by atoms with Crippen LogP contribution in [0.5, 0.6) is 0 Å². The van der Waals surface area contributed by atoms with Crippen LogP contribution in [-0.2, 0) is 9.59 Å². The molecular weight excluding hydrogens is 216 g/mol. The van der Waals surface area contributed by atoms with E-state index in [0.29, 0.717) is 12.5 Å². The quantitative estimate of drug-likeness (QED) is 0.781. The monoisotopic (exact) mass is 240 g/mol. The van der Waals surface area contributed by atoms with E-state index < -0.39 is 0 Å². The highest BCUT2D eigenvalue weighted by Gasteiger charge is 2.24. The van der Waals surface area contributed by atoms with Crippen LogP contribution in [0.15, 0.2) is 0 Å². The van der Waals surface area contributed by atoms with Crippen LogP contribution in [0.3, 0.4) is 0 Å². The van der Waals surface area contributed by atoms with Crippen molar-refractivity contribution in [1.82, 2.24) is 10.2 Å². The highest BCUT2D eigenvalue weighted by Crippen LogP contribution is 2.14. The van der Waals surface area contributed by atoms with E-state index in [-0.39, 0.29) is 23.7 Å². The molecule has 0 radical (unpaired) electrons. The third-order valence-corrected chi connectivity index (χ3v) is 3.30. The average Bonchev–Trinajstić information content (AvgIpc) is 2.59. The van der Waals surface area contributed by atoms with Gasteiger partial charge in [0.1, 0.15) is 0 Å². The Morgan fingerprint density at radius 2 is 2.06 bits per heavy atom. The van der Waals surface area contributed by atoms with Crippen molar-refractivity contribution in [3.8, 4) is 0 Å². The Labute approximate surface area is 104 Å². The standard InChI is InChI=1S/C13H24N2O2/c1-9(2)13(11(4)16)14-12(17)8-15-6-5-10(3)7-15/h9-10,13H,5-8H2,1-4H3,(H,14,17). The highest BCUT2D eigenvalue weighted by atomic mass is 16.2. The molecule has 2 unspecified atom stereocenters. The van der Waals surface area contributed by atoms with E-state index in [0.717, 1.165) is 19.5 Å². The number of Topliss-reactive ketones (excluding diaryl/α,β-unsaturated/α-hetero) is 1. The summed E-state index contributed by atoms with van der Waals surface area (Å²) < 4.78 is 0. The highest BCUT2D eigenvalue weighted by molar-refractivity contribution is 5.88. The maximum atomic E-state index is 11.8. The lowest BCUT2D eigenvalue weighted by Gasteiger charge is -2.21. The number of nitrogens with one attached hydrogen (secondary N) is 1. The zero-order chi connectivity index (χ0) is 13.0. The molecule has 1 rings (SSSR count). The van der Waals surface area contributed by atoms with Crippen molar-refractivity contribution >= 4 is 11.7 Å². The molecule has 0 aromatic carbocycles. The summed E-state index contributed by atoms with van der Waals surface area (Å²) in [5.41, 5.74) is 0. The van der Waals surface area contributed by atoms with E-state index in [1.165, 1.54) is 6.92 Å². The van der Waals surface area contributed by atoms with Gasteiger partial charge >= 0.3 is 0 Å². The molecule has 0 aromatic heterocycles. The van der Waals surface area contributed by atoms with Gasteiger partial charge in [0, 0.05) is 6.54 Å². The number of carbonyl (C=O) groups excluding carboxylic acids is 2. The summed E-state index contributed by atoms with van der Waals surface area (Å²) in [5, 5.41) is 2.83. The van der Waals surface area contributed by atoms with Gasteiger partial charge in [-0.2, -0.15) is 0 Å². The summed E-state index contributed by atoms with van der Waals surface area (Å²) in [7, 11) is 0. The molecule has 0 saturated carbocycles. The van der Waals surface area contributed by atoms with Crippen molar-refractivity contribution in [2.45, 2.75) is 40.2 Å². The second kappa shape index (κ2) is 6.15. The van der Waals surface area contributed by atoms with Crippen LogP contribution in [0, 0.1) is 11.8 Å². The number of carbonyl (C=O) groups is 2. The minimum Gasteiger partial charge on any atom is -0.345 e. The molecule has 1 fully saturated rings. The van der Waals surface area contributed by atoms with Crippen molar-refractivity contribution in [2.24, 2.45) is 11.8 Å². The van der Waals surface area contributed by atoms with Crippen LogP contribution in [0.4, 0.5) is 0 Å². The van der Waals surface area contributed by atoms with Crippen molar-refractivity contribution in [2.75, 3.05) is 19.6 Å². The number of amides is 1. The molecule has 2 atom stereocenters. The van der Waals surface area contributed by atoms with Crippen molar-refractivity contribution < 1.29 is 9.59 Å². The van der Waals surface area contributed by atoms with Gasteiger partial charge in [-0.05, 0) is 31.7 Å². The molecule has 0 bridgehead atoms. The van der Waals surface area contributed by atoms with Gasteiger partial charge < -0.3 is 5.32 Å². The van der Waals surface area contributed by atoms with E-state index >= 15 is 0 Å². The fraction of sp³-hybridized carbons (Fsp3) is 0.846. The zero-order valence-electron chi connectivity index (χ0n) is 11.3. The molecule has 1 N–H and O–H groups in total. The van der Waals surface area contributed by atoms with E-state index in [1.807, 2.05) is 13.8 Å². The Balaban J connectivity index is 2.40. The van der Waals surface area contributed by atoms with Gasteiger partial charge in [-0.1, -0.05) is 20.8 Å². The average molecular weight is 240 g/mol. The summed E-state index contributed by atoms with van der Waals surface area (Å²) in [6.45, 7) is 10.0. The minimum absolute atomic E-state index is 0.0307. The molecule has 17 heavy (non-hydrogen) atoms. The number of rotatable bonds is 5. The largest absolute Gasteiger partial charge is 0.345 e. The molecule has 0 aromatic rings. The predicted octanol–water partition coefficient (Wildman–Crippen LogP) is 1.06. The van der Waals surface area contributed by atoms with Crippen LogP contribution in [0.1, 0.15) is 34.1 Å². The first-order valence-electron chi connectivity index (χ1n) is 6.42. The lowest BCUT2D eigenvalue weighted by Crippen LogP contribution is -2.47. The van der Waals surface area contributed by atoms with E-state index in [1.54, 1.807) is 0 Å². The molecule has 1 saturated heterocycles. The molecule has 98 valence electrons. The first-order chi connectivity index (χ1) is 7.90. The van der Waals surface area contributed by atoms with E-state index in [9.17, 15) is 9.59 Å². The Bertz CT molecular complexity index is 289. The SMILES string of the molecule is CC(=O)C(NC(=O)CN1CCC(C)C1)C(C)C. The van der Waals surface area contributed by atoms with E-state index in [4.69, 9.17) is 0 Å². The number of hydrogen-bond donors (Lipinski definition) is 1. The molecule has 1 heterocycles. The first-order valence-corrected chi connectivity index (χ1v) is 6.42. The van der Waals surface area contributed by atoms with Crippen molar-refractivity contribution in [3.05, 3.63) is 0 Å².